The van der Waals surface area contributed by atoms with Gasteiger partial charge >= 0.3 is 5.97 Å². The van der Waals surface area contributed by atoms with Crippen LogP contribution in [-0.4, -0.2) is 21.3 Å². The van der Waals surface area contributed by atoms with Gasteiger partial charge in [-0.3, -0.25) is 9.89 Å². The predicted molar refractivity (Wildman–Crippen MR) is 79.1 cm³/mol. The summed E-state index contributed by atoms with van der Waals surface area (Å²) >= 11 is 0. The summed E-state index contributed by atoms with van der Waals surface area (Å²) < 4.78 is 0. The van der Waals surface area contributed by atoms with E-state index in [0.717, 1.165) is 36.8 Å². The standard InChI is InChI=1S/C17H24N2O2/c1-10-15(11(2)19-18-10)17-6-12-3-13(7-17)5-16(4-12,9-17)8-14(20)21/h12-13H,3-9H2,1-2H3,(H,18,19)(H,20,21)/t12-,13-,16?,17?/m1/s1. The molecule has 0 aromatic carbocycles. The number of aromatic amines is 1. The average molecular weight is 288 g/mol. The van der Waals surface area contributed by atoms with E-state index in [4.69, 9.17) is 0 Å². The molecule has 114 valence electrons. The summed E-state index contributed by atoms with van der Waals surface area (Å²) in [6.45, 7) is 4.22. The second kappa shape index (κ2) is 4.11. The average Bonchev–Trinajstić information content (AvgIpc) is 2.65. The van der Waals surface area contributed by atoms with Crippen LogP contribution < -0.4 is 0 Å². The third kappa shape index (κ3) is 1.87. The smallest absolute Gasteiger partial charge is 0.303 e. The van der Waals surface area contributed by atoms with Crippen LogP contribution in [-0.2, 0) is 10.2 Å². The molecule has 4 fully saturated rings. The van der Waals surface area contributed by atoms with E-state index in [9.17, 15) is 9.90 Å². The molecule has 21 heavy (non-hydrogen) atoms. The summed E-state index contributed by atoms with van der Waals surface area (Å²) in [4.78, 5) is 11.4. The monoisotopic (exact) mass is 288 g/mol. The van der Waals surface area contributed by atoms with Crippen molar-refractivity contribution in [1.82, 2.24) is 10.2 Å². The number of rotatable bonds is 3. The van der Waals surface area contributed by atoms with Crippen molar-refractivity contribution in [3.05, 3.63) is 17.0 Å². The minimum atomic E-state index is -0.618. The molecule has 4 bridgehead atoms. The quantitative estimate of drug-likeness (QED) is 0.896. The van der Waals surface area contributed by atoms with E-state index in [1.54, 1.807) is 0 Å². The minimum absolute atomic E-state index is 0.0477. The maximum atomic E-state index is 11.4. The van der Waals surface area contributed by atoms with Gasteiger partial charge in [0.05, 0.1) is 12.1 Å². The van der Waals surface area contributed by atoms with Crippen molar-refractivity contribution in [1.29, 1.82) is 0 Å². The van der Waals surface area contributed by atoms with Crippen molar-refractivity contribution in [3.63, 3.8) is 0 Å². The normalized spacial score (nSPS) is 40.7. The van der Waals surface area contributed by atoms with Gasteiger partial charge in [0.2, 0.25) is 0 Å². The molecule has 0 unspecified atom stereocenters. The van der Waals surface area contributed by atoms with Crippen LogP contribution in [0, 0.1) is 31.1 Å². The lowest BCUT2D eigenvalue weighted by molar-refractivity contribution is -0.146. The first kappa shape index (κ1) is 13.4. The summed E-state index contributed by atoms with van der Waals surface area (Å²) in [5, 5.41) is 16.9. The molecule has 2 N–H and O–H groups in total. The molecule has 4 saturated carbocycles. The van der Waals surface area contributed by atoms with Gasteiger partial charge in [0, 0.05) is 16.7 Å². The number of hydrogen-bond acceptors (Lipinski definition) is 2. The van der Waals surface area contributed by atoms with Crippen LogP contribution >= 0.6 is 0 Å². The number of H-pyrrole nitrogens is 1. The third-order valence-electron chi connectivity index (χ3n) is 6.37. The van der Waals surface area contributed by atoms with E-state index in [2.05, 4.69) is 24.0 Å². The number of nitrogens with one attached hydrogen (secondary N) is 1. The van der Waals surface area contributed by atoms with Crippen molar-refractivity contribution in [2.75, 3.05) is 0 Å². The first-order chi connectivity index (χ1) is 9.91. The Morgan fingerprint density at radius 1 is 1.29 bits per heavy atom. The molecule has 4 aliphatic carbocycles. The molecule has 0 amide bonds. The number of aliphatic carboxylic acids is 1. The zero-order valence-corrected chi connectivity index (χ0v) is 12.9. The first-order valence-corrected chi connectivity index (χ1v) is 8.15. The summed E-state index contributed by atoms with van der Waals surface area (Å²) in [5.41, 5.74) is 3.97. The summed E-state index contributed by atoms with van der Waals surface area (Å²) in [5.74, 6) is 0.825. The van der Waals surface area contributed by atoms with Gasteiger partial charge in [-0.1, -0.05) is 0 Å². The third-order valence-corrected chi connectivity index (χ3v) is 6.37. The molecular weight excluding hydrogens is 264 g/mol. The van der Waals surface area contributed by atoms with E-state index >= 15 is 0 Å². The Balaban J connectivity index is 1.79. The molecule has 4 heteroatoms. The van der Waals surface area contributed by atoms with Gasteiger partial charge < -0.3 is 5.11 Å². The van der Waals surface area contributed by atoms with Gasteiger partial charge in [0.15, 0.2) is 0 Å². The molecule has 0 saturated heterocycles. The molecule has 5 rings (SSSR count). The molecule has 0 spiro atoms. The minimum Gasteiger partial charge on any atom is -0.481 e. The zero-order valence-electron chi connectivity index (χ0n) is 12.9. The maximum Gasteiger partial charge on any atom is 0.303 e. The summed E-state index contributed by atoms with van der Waals surface area (Å²) in [6.07, 6.45) is 7.48. The van der Waals surface area contributed by atoms with Gasteiger partial charge in [-0.15, -0.1) is 0 Å². The molecule has 0 radical (unpaired) electrons. The Hall–Kier alpha value is -1.32. The number of carboxylic acids is 1. The highest BCUT2D eigenvalue weighted by Gasteiger charge is 2.59. The molecule has 4 aliphatic rings. The fourth-order valence-electron chi connectivity index (χ4n) is 6.60. The Labute approximate surface area is 125 Å². The lowest BCUT2D eigenvalue weighted by Crippen LogP contribution is -2.54. The Bertz CT molecular complexity index is 570. The number of carbonyl (C=O) groups is 1. The van der Waals surface area contributed by atoms with Gasteiger partial charge in [-0.2, -0.15) is 5.10 Å². The van der Waals surface area contributed by atoms with Gasteiger partial charge in [0.1, 0.15) is 0 Å². The maximum absolute atomic E-state index is 11.4. The predicted octanol–water partition coefficient (Wildman–Crippen LogP) is 3.34. The molecule has 4 nitrogen and oxygen atoms in total. The number of nitrogens with zero attached hydrogens (tertiary/aromatic N) is 1. The fraction of sp³-hybridized carbons (Fsp3) is 0.765. The number of aromatic nitrogens is 2. The number of carboxylic acid groups (broad SMARTS) is 1. The second-order valence-corrected chi connectivity index (χ2v) is 8.12. The largest absolute Gasteiger partial charge is 0.481 e. The van der Waals surface area contributed by atoms with Crippen LogP contribution in [0.5, 0.6) is 0 Å². The first-order valence-electron chi connectivity index (χ1n) is 8.15. The lowest BCUT2D eigenvalue weighted by atomic mass is 9.42. The van der Waals surface area contributed by atoms with Crippen LogP contribution in [0.25, 0.3) is 0 Å². The van der Waals surface area contributed by atoms with E-state index in [0.29, 0.717) is 6.42 Å². The van der Waals surface area contributed by atoms with Crippen molar-refractivity contribution in [3.8, 4) is 0 Å². The molecule has 1 aromatic rings. The summed E-state index contributed by atoms with van der Waals surface area (Å²) in [7, 11) is 0. The molecule has 1 heterocycles. The van der Waals surface area contributed by atoms with E-state index < -0.39 is 5.97 Å². The molecular formula is C17H24N2O2. The highest BCUT2D eigenvalue weighted by molar-refractivity contribution is 5.68. The van der Waals surface area contributed by atoms with Crippen molar-refractivity contribution >= 4 is 5.97 Å². The zero-order chi connectivity index (χ0) is 14.8. The Morgan fingerprint density at radius 3 is 2.48 bits per heavy atom. The van der Waals surface area contributed by atoms with Crippen molar-refractivity contribution in [2.24, 2.45) is 17.3 Å². The molecule has 1 aromatic heterocycles. The van der Waals surface area contributed by atoms with Gasteiger partial charge in [0.25, 0.3) is 0 Å². The van der Waals surface area contributed by atoms with Crippen LogP contribution in [0.3, 0.4) is 0 Å². The fourth-order valence-corrected chi connectivity index (χ4v) is 6.60. The highest BCUT2D eigenvalue weighted by atomic mass is 16.4. The number of hydrogen-bond donors (Lipinski definition) is 2. The summed E-state index contributed by atoms with van der Waals surface area (Å²) in [6, 6.07) is 0. The van der Waals surface area contributed by atoms with Crippen molar-refractivity contribution in [2.45, 2.75) is 64.2 Å². The Morgan fingerprint density at radius 2 is 1.95 bits per heavy atom. The van der Waals surface area contributed by atoms with E-state index in [1.165, 1.54) is 30.5 Å². The van der Waals surface area contributed by atoms with E-state index in [-0.39, 0.29) is 10.8 Å². The topological polar surface area (TPSA) is 66.0 Å². The van der Waals surface area contributed by atoms with Crippen molar-refractivity contribution < 1.29 is 9.90 Å². The number of aryl methyl sites for hydroxylation is 2. The van der Waals surface area contributed by atoms with Gasteiger partial charge in [-0.05, 0) is 69.6 Å². The lowest BCUT2D eigenvalue weighted by Gasteiger charge is -2.62. The Kier molecular flexibility index (Phi) is 2.61. The molecule has 0 aliphatic heterocycles. The van der Waals surface area contributed by atoms with Crippen LogP contribution in [0.1, 0.15) is 61.9 Å². The van der Waals surface area contributed by atoms with Crippen LogP contribution in [0.2, 0.25) is 0 Å². The second-order valence-electron chi connectivity index (χ2n) is 8.12. The highest BCUT2D eigenvalue weighted by Crippen LogP contribution is 2.67. The SMILES string of the molecule is Cc1n[nH]c(C)c1C12C[C@@H]3C[C@H](CC(CC(=O)O)(C3)C1)C2. The van der Waals surface area contributed by atoms with Gasteiger partial charge in [-0.25, -0.2) is 0 Å². The van der Waals surface area contributed by atoms with Crippen LogP contribution in [0.4, 0.5) is 0 Å². The van der Waals surface area contributed by atoms with E-state index in [1.807, 2.05) is 0 Å². The molecule has 2 atom stereocenters. The van der Waals surface area contributed by atoms with Crippen LogP contribution in [0.15, 0.2) is 0 Å².